The lowest BCUT2D eigenvalue weighted by atomic mass is 10.0. The summed E-state index contributed by atoms with van der Waals surface area (Å²) >= 11 is 1.58. The topological polar surface area (TPSA) is 109 Å². The zero-order valence-corrected chi connectivity index (χ0v) is 23.4. The van der Waals surface area contributed by atoms with Gasteiger partial charge in [0.25, 0.3) is 5.91 Å². The molecule has 9 heteroatoms. The molecule has 5 aromatic rings. The number of carboxylic acid groups (broad SMARTS) is 1. The first-order chi connectivity index (χ1) is 20.0. The van der Waals surface area contributed by atoms with Crippen LogP contribution in [0.5, 0.6) is 0 Å². The number of benzene rings is 3. The molecule has 0 saturated heterocycles. The summed E-state index contributed by atoms with van der Waals surface area (Å²) in [6.07, 6.45) is 0.735. The van der Waals surface area contributed by atoms with Gasteiger partial charge in [-0.15, -0.1) is 11.3 Å². The van der Waals surface area contributed by atoms with Crippen molar-refractivity contribution in [1.29, 1.82) is 0 Å². The fourth-order valence-corrected chi connectivity index (χ4v) is 5.35. The fourth-order valence-electron chi connectivity index (χ4n) is 4.51. The Morgan fingerprint density at radius 3 is 2.37 bits per heavy atom. The van der Waals surface area contributed by atoms with E-state index in [1.165, 1.54) is 5.56 Å². The van der Waals surface area contributed by atoms with Crippen LogP contribution in [0.15, 0.2) is 94.8 Å². The Morgan fingerprint density at radius 1 is 0.951 bits per heavy atom. The van der Waals surface area contributed by atoms with Crippen molar-refractivity contribution in [2.24, 2.45) is 0 Å². The van der Waals surface area contributed by atoms with E-state index in [1.54, 1.807) is 23.5 Å². The minimum Gasteiger partial charge on any atom is -0.481 e. The Kier molecular flexibility index (Phi) is 8.85. The van der Waals surface area contributed by atoms with Gasteiger partial charge in [-0.2, -0.15) is 0 Å². The number of nitrogens with one attached hydrogen (secondary N) is 1. The Balaban J connectivity index is 1.37. The monoisotopic (exact) mass is 566 g/mol. The molecule has 2 heterocycles. The molecule has 2 aromatic heterocycles. The predicted molar refractivity (Wildman–Crippen MR) is 160 cm³/mol. The van der Waals surface area contributed by atoms with Gasteiger partial charge in [-0.1, -0.05) is 78.0 Å². The third-order valence-corrected chi connectivity index (χ3v) is 7.56. The Morgan fingerprint density at radius 2 is 1.66 bits per heavy atom. The molecule has 0 aliphatic carbocycles. The van der Waals surface area contributed by atoms with Crippen LogP contribution in [0.1, 0.15) is 33.7 Å². The van der Waals surface area contributed by atoms with Gasteiger partial charge in [0.2, 0.25) is 0 Å². The summed E-state index contributed by atoms with van der Waals surface area (Å²) in [5.74, 6) is -0.521. The third kappa shape index (κ3) is 7.06. The summed E-state index contributed by atoms with van der Waals surface area (Å²) in [5, 5.41) is 18.7. The maximum Gasteiger partial charge on any atom is 0.305 e. The molecule has 0 atom stereocenters. The summed E-state index contributed by atoms with van der Waals surface area (Å²) in [6, 6.07) is 27.7. The van der Waals surface area contributed by atoms with Crippen LogP contribution < -0.4 is 10.2 Å². The molecular formula is C32H30N4O4S. The smallest absolute Gasteiger partial charge is 0.305 e. The summed E-state index contributed by atoms with van der Waals surface area (Å²) in [7, 11) is 0. The fraction of sp³-hybridized carbons (Fsp3) is 0.188. The minimum absolute atomic E-state index is 0.0905. The second-order valence-electron chi connectivity index (χ2n) is 9.60. The van der Waals surface area contributed by atoms with Gasteiger partial charge in [0.1, 0.15) is 11.5 Å². The number of aryl methyl sites for hydroxylation is 1. The van der Waals surface area contributed by atoms with Crippen LogP contribution in [-0.2, 0) is 17.8 Å². The molecule has 1 amide bonds. The first kappa shape index (κ1) is 27.8. The number of aliphatic carboxylic acids is 1. The van der Waals surface area contributed by atoms with Crippen molar-refractivity contribution in [2.75, 3.05) is 18.0 Å². The quantitative estimate of drug-likeness (QED) is 0.184. The predicted octanol–water partition coefficient (Wildman–Crippen LogP) is 6.23. The minimum atomic E-state index is -0.947. The Labute approximate surface area is 242 Å². The van der Waals surface area contributed by atoms with Crippen molar-refractivity contribution in [1.82, 2.24) is 15.5 Å². The van der Waals surface area contributed by atoms with Gasteiger partial charge in [-0.05, 0) is 36.6 Å². The lowest BCUT2D eigenvalue weighted by molar-refractivity contribution is -0.136. The highest BCUT2D eigenvalue weighted by Gasteiger charge is 2.21. The SMILES string of the molecule is Cc1onc(-c2ccccc2)c1-c1csc(N(CCc2ccccc2)Cc2ccc(C(=O)NCCC(=O)O)cc2)n1. The van der Waals surface area contributed by atoms with Crippen molar-refractivity contribution in [3.05, 3.63) is 113 Å². The van der Waals surface area contributed by atoms with E-state index in [0.717, 1.165) is 46.2 Å². The van der Waals surface area contributed by atoms with Gasteiger partial charge in [0, 0.05) is 36.1 Å². The molecule has 2 N–H and O–H groups in total. The number of hydrogen-bond acceptors (Lipinski definition) is 7. The molecule has 208 valence electrons. The van der Waals surface area contributed by atoms with E-state index in [-0.39, 0.29) is 18.9 Å². The Bertz CT molecular complexity index is 1600. The highest BCUT2D eigenvalue weighted by Crippen LogP contribution is 2.36. The van der Waals surface area contributed by atoms with Crippen molar-refractivity contribution in [3.63, 3.8) is 0 Å². The number of rotatable bonds is 12. The molecule has 0 saturated carbocycles. The molecule has 0 spiro atoms. The number of carbonyl (C=O) groups excluding carboxylic acids is 1. The lowest BCUT2D eigenvalue weighted by Crippen LogP contribution is -2.26. The molecule has 0 aliphatic rings. The lowest BCUT2D eigenvalue weighted by Gasteiger charge is -2.22. The van der Waals surface area contributed by atoms with Gasteiger partial charge in [0.05, 0.1) is 17.7 Å². The molecular weight excluding hydrogens is 536 g/mol. The molecule has 0 aliphatic heterocycles. The highest BCUT2D eigenvalue weighted by molar-refractivity contribution is 7.14. The van der Waals surface area contributed by atoms with Gasteiger partial charge >= 0.3 is 5.97 Å². The molecule has 0 radical (unpaired) electrons. The van der Waals surface area contributed by atoms with E-state index in [1.807, 2.05) is 73.0 Å². The number of carboxylic acids is 1. The van der Waals surface area contributed by atoms with E-state index in [9.17, 15) is 9.59 Å². The second-order valence-corrected chi connectivity index (χ2v) is 10.4. The average molecular weight is 567 g/mol. The molecule has 3 aromatic carbocycles. The zero-order valence-electron chi connectivity index (χ0n) is 22.6. The highest BCUT2D eigenvalue weighted by atomic mass is 32.1. The molecule has 0 unspecified atom stereocenters. The summed E-state index contributed by atoms with van der Waals surface area (Å²) < 4.78 is 5.58. The summed E-state index contributed by atoms with van der Waals surface area (Å²) in [5.41, 5.74) is 6.21. The Hall–Kier alpha value is -4.76. The number of aromatic nitrogens is 2. The van der Waals surface area contributed by atoms with E-state index in [0.29, 0.717) is 17.9 Å². The van der Waals surface area contributed by atoms with Crippen LogP contribution in [0.4, 0.5) is 5.13 Å². The van der Waals surface area contributed by atoms with Crippen molar-refractivity contribution in [2.45, 2.75) is 26.3 Å². The van der Waals surface area contributed by atoms with Gasteiger partial charge in [-0.25, -0.2) is 4.98 Å². The van der Waals surface area contributed by atoms with Crippen molar-refractivity contribution >= 4 is 28.3 Å². The van der Waals surface area contributed by atoms with Gasteiger partial charge < -0.3 is 19.8 Å². The number of thiazole rings is 1. The number of hydrogen-bond donors (Lipinski definition) is 2. The van der Waals surface area contributed by atoms with Gasteiger partial charge in [-0.3, -0.25) is 9.59 Å². The molecule has 8 nitrogen and oxygen atoms in total. The van der Waals surface area contributed by atoms with Crippen LogP contribution >= 0.6 is 11.3 Å². The maximum atomic E-state index is 12.4. The van der Waals surface area contributed by atoms with Crippen LogP contribution in [0.25, 0.3) is 22.5 Å². The number of anilines is 1. The van der Waals surface area contributed by atoms with Crippen LogP contribution in [0.3, 0.4) is 0 Å². The molecule has 41 heavy (non-hydrogen) atoms. The molecule has 5 rings (SSSR count). The first-order valence-corrected chi connectivity index (χ1v) is 14.2. The average Bonchev–Trinajstić information content (AvgIpc) is 3.63. The van der Waals surface area contributed by atoms with Crippen LogP contribution in [0, 0.1) is 6.92 Å². The van der Waals surface area contributed by atoms with E-state index < -0.39 is 5.97 Å². The van der Waals surface area contributed by atoms with Crippen molar-refractivity contribution in [3.8, 4) is 22.5 Å². The molecule has 0 bridgehead atoms. The van der Waals surface area contributed by atoms with Gasteiger partial charge in [0.15, 0.2) is 5.13 Å². The summed E-state index contributed by atoms with van der Waals surface area (Å²) in [6.45, 7) is 3.35. The first-order valence-electron chi connectivity index (χ1n) is 13.3. The van der Waals surface area contributed by atoms with Crippen molar-refractivity contribution < 1.29 is 19.2 Å². The van der Waals surface area contributed by atoms with Crippen LogP contribution in [0.2, 0.25) is 0 Å². The second kappa shape index (κ2) is 13.1. The van der Waals surface area contributed by atoms with E-state index in [2.05, 4.69) is 27.5 Å². The maximum absolute atomic E-state index is 12.4. The zero-order chi connectivity index (χ0) is 28.6. The summed E-state index contributed by atoms with van der Waals surface area (Å²) in [4.78, 5) is 30.4. The number of carbonyl (C=O) groups is 2. The molecule has 0 fully saturated rings. The van der Waals surface area contributed by atoms with Crippen LogP contribution in [-0.4, -0.2) is 40.2 Å². The number of nitrogens with zero attached hydrogens (tertiary/aromatic N) is 3. The van der Waals surface area contributed by atoms with E-state index in [4.69, 9.17) is 14.6 Å². The normalized spacial score (nSPS) is 10.9. The van der Waals surface area contributed by atoms with E-state index >= 15 is 0 Å². The standard InChI is InChI=1S/C32H30N4O4S/c1-22-29(30(35-40-22)25-10-6-3-7-11-25)27-21-41-32(34-27)36(19-17-23-8-4-2-5-9-23)20-24-12-14-26(15-13-24)31(39)33-18-16-28(37)38/h2-15,21H,16-20H2,1H3,(H,33,39)(H,37,38). The largest absolute Gasteiger partial charge is 0.481 e. The number of amides is 1. The third-order valence-electron chi connectivity index (χ3n) is 6.66.